The Kier molecular flexibility index (Phi) is 12.7. The van der Waals surface area contributed by atoms with Crippen LogP contribution in [-0.4, -0.2) is 14.8 Å². The van der Waals surface area contributed by atoms with Gasteiger partial charge in [-0.05, 0) is 126 Å². The molecule has 0 aromatic heterocycles. The van der Waals surface area contributed by atoms with Crippen molar-refractivity contribution in [1.82, 2.24) is 0 Å². The van der Waals surface area contributed by atoms with Crippen molar-refractivity contribution in [3.63, 3.8) is 0 Å². The van der Waals surface area contributed by atoms with Crippen molar-refractivity contribution in [2.75, 3.05) is 14.7 Å². The highest BCUT2D eigenvalue weighted by molar-refractivity contribution is 7.20. The molecular formula is C78H56BN3Si. The molecule has 2 aliphatic rings. The first-order valence-corrected chi connectivity index (χ1v) is 30.7. The van der Waals surface area contributed by atoms with Gasteiger partial charge in [0.1, 0.15) is 0 Å². The molecular weight excluding hydrogens is 1020 g/mol. The standard InChI is InChI=1S/C78H56BN3Si/c1-9-29-57(30-10-1)60-53-76-78-77(54-60)82(73-48-28-26-46-69(73)59-33-13-3-14-34-59)75-55-63(80(61-35-15-4-16-36-61)62-37-17-5-18-38-62)49-51-70(75)79(78)71-56-67(50-52-74(71)81(76)72-47-27-25-45-68(72)58-31-11-2-12-32-58)83(64-39-19-6-20-40-64,65-41-21-7-22-42-65)66-43-23-8-24-44-66/h1-56H. The van der Waals surface area contributed by atoms with Crippen molar-refractivity contribution in [2.45, 2.75) is 0 Å². The van der Waals surface area contributed by atoms with Crippen molar-refractivity contribution in [3.05, 3.63) is 340 Å². The van der Waals surface area contributed by atoms with E-state index in [-0.39, 0.29) is 6.71 Å². The van der Waals surface area contributed by atoms with Gasteiger partial charge in [-0.3, -0.25) is 0 Å². The fraction of sp³-hybridized carbons (Fsp3) is 0. The number of hydrogen-bond acceptors (Lipinski definition) is 3. The van der Waals surface area contributed by atoms with E-state index in [9.17, 15) is 0 Å². The van der Waals surface area contributed by atoms with Crippen molar-refractivity contribution in [3.8, 4) is 33.4 Å². The number of anilines is 9. The van der Waals surface area contributed by atoms with Gasteiger partial charge >= 0.3 is 0 Å². The van der Waals surface area contributed by atoms with Crippen LogP contribution in [0.5, 0.6) is 0 Å². The highest BCUT2D eigenvalue weighted by Gasteiger charge is 2.47. The van der Waals surface area contributed by atoms with Gasteiger partial charge in [0.05, 0.1) is 11.4 Å². The summed E-state index contributed by atoms with van der Waals surface area (Å²) < 4.78 is 0. The second kappa shape index (κ2) is 21.2. The summed E-state index contributed by atoms with van der Waals surface area (Å²) >= 11 is 0. The van der Waals surface area contributed by atoms with E-state index in [2.05, 4.69) is 354 Å². The van der Waals surface area contributed by atoms with Gasteiger partial charge in [0.2, 0.25) is 0 Å². The first-order chi connectivity index (χ1) is 41.2. The van der Waals surface area contributed by atoms with E-state index < -0.39 is 8.07 Å². The van der Waals surface area contributed by atoms with E-state index in [1.54, 1.807) is 0 Å². The number of nitrogens with zero attached hydrogens (tertiary/aromatic N) is 3. The fourth-order valence-corrected chi connectivity index (χ4v) is 18.2. The third-order valence-corrected chi connectivity index (χ3v) is 21.7. The molecule has 2 heterocycles. The summed E-state index contributed by atoms with van der Waals surface area (Å²) in [5, 5.41) is 5.35. The lowest BCUT2D eigenvalue weighted by molar-refractivity contribution is 1.24. The summed E-state index contributed by atoms with van der Waals surface area (Å²) in [7, 11) is -3.04. The van der Waals surface area contributed by atoms with E-state index in [0.717, 1.165) is 84.6 Å². The van der Waals surface area contributed by atoms with Crippen LogP contribution >= 0.6 is 0 Å². The van der Waals surface area contributed by atoms with E-state index in [4.69, 9.17) is 0 Å². The second-order valence-corrected chi connectivity index (χ2v) is 25.3. The maximum atomic E-state index is 2.64. The summed E-state index contributed by atoms with van der Waals surface area (Å²) in [5.74, 6) is 0. The highest BCUT2D eigenvalue weighted by Crippen LogP contribution is 2.50. The van der Waals surface area contributed by atoms with Gasteiger partial charge in [0.15, 0.2) is 8.07 Å². The van der Waals surface area contributed by atoms with Crippen molar-refractivity contribution in [1.29, 1.82) is 0 Å². The molecule has 0 amide bonds. The van der Waals surface area contributed by atoms with Gasteiger partial charge in [-0.1, -0.05) is 273 Å². The molecule has 0 bridgehead atoms. The predicted octanol–water partition coefficient (Wildman–Crippen LogP) is 15.6. The van der Waals surface area contributed by atoms with Crippen LogP contribution in [0.2, 0.25) is 0 Å². The van der Waals surface area contributed by atoms with E-state index >= 15 is 0 Å². The number of hydrogen-bond donors (Lipinski definition) is 0. The van der Waals surface area contributed by atoms with E-state index in [1.807, 2.05) is 0 Å². The Morgan fingerprint density at radius 2 is 0.639 bits per heavy atom. The van der Waals surface area contributed by atoms with Gasteiger partial charge in [0, 0.05) is 50.9 Å². The summed E-state index contributed by atoms with van der Waals surface area (Å²) in [6.45, 7) is -0.194. The van der Waals surface area contributed by atoms with Crippen molar-refractivity contribution < 1.29 is 0 Å². The molecule has 0 N–H and O–H groups in total. The van der Waals surface area contributed by atoms with E-state index in [0.29, 0.717) is 0 Å². The quantitative estimate of drug-likeness (QED) is 0.0892. The lowest BCUT2D eigenvalue weighted by Crippen LogP contribution is -2.75. The summed E-state index contributed by atoms with van der Waals surface area (Å²) in [6, 6.07) is 126. The first kappa shape index (κ1) is 49.6. The Balaban J connectivity index is 1.10. The lowest BCUT2D eigenvalue weighted by atomic mass is 9.33. The molecule has 0 saturated heterocycles. The molecule has 0 aliphatic carbocycles. The first-order valence-electron chi connectivity index (χ1n) is 28.7. The SMILES string of the molecule is c1ccc(-c2cc3c4c(c2)N(c2ccccc2-c2ccccc2)c2cc(N(c5ccccc5)c5ccccc5)ccc2B4c2cc([Si](c4ccccc4)(c4ccccc4)c4ccccc4)ccc2N3c2ccccc2-c2ccccc2)cc1. The molecule has 0 radical (unpaired) electrons. The minimum absolute atomic E-state index is 0.194. The number of fused-ring (bicyclic) bond motifs is 4. The van der Waals surface area contributed by atoms with Crippen LogP contribution in [0.1, 0.15) is 0 Å². The van der Waals surface area contributed by atoms with Gasteiger partial charge in [0.25, 0.3) is 6.71 Å². The molecule has 0 saturated carbocycles. The molecule has 13 aromatic carbocycles. The van der Waals surface area contributed by atoms with Crippen LogP contribution < -0.4 is 51.8 Å². The van der Waals surface area contributed by atoms with Crippen LogP contribution in [0.3, 0.4) is 0 Å². The Morgan fingerprint density at radius 1 is 0.241 bits per heavy atom. The van der Waals surface area contributed by atoms with Gasteiger partial charge in [-0.25, -0.2) is 0 Å². The Bertz CT molecular complexity index is 4300. The Labute approximate surface area is 488 Å². The monoisotopic (exact) mass is 1070 g/mol. The molecule has 13 aromatic rings. The molecule has 5 heteroatoms. The number of rotatable bonds is 12. The number of benzene rings is 13. The molecule has 3 nitrogen and oxygen atoms in total. The third-order valence-electron chi connectivity index (χ3n) is 17.0. The average molecular weight is 1070 g/mol. The zero-order valence-electron chi connectivity index (χ0n) is 45.8. The predicted molar refractivity (Wildman–Crippen MR) is 355 cm³/mol. The molecule has 390 valence electrons. The van der Waals surface area contributed by atoms with E-state index in [1.165, 1.54) is 37.1 Å². The Morgan fingerprint density at radius 3 is 1.11 bits per heavy atom. The molecule has 0 spiro atoms. The minimum atomic E-state index is -3.04. The molecule has 0 atom stereocenters. The molecule has 0 fully saturated rings. The largest absolute Gasteiger partial charge is 0.311 e. The number of para-hydroxylation sites is 4. The molecule has 2 aliphatic heterocycles. The zero-order chi connectivity index (χ0) is 55.1. The van der Waals surface area contributed by atoms with Crippen LogP contribution in [0.15, 0.2) is 340 Å². The highest BCUT2D eigenvalue weighted by atomic mass is 28.3. The van der Waals surface area contributed by atoms with Crippen LogP contribution in [0, 0.1) is 0 Å². The maximum absolute atomic E-state index is 3.04. The maximum Gasteiger partial charge on any atom is 0.252 e. The summed E-state index contributed by atoms with van der Waals surface area (Å²) in [4.78, 5) is 7.61. The smallest absolute Gasteiger partial charge is 0.252 e. The molecule has 15 rings (SSSR count). The third kappa shape index (κ3) is 8.52. The van der Waals surface area contributed by atoms with Crippen LogP contribution in [0.25, 0.3) is 33.4 Å². The van der Waals surface area contributed by atoms with Crippen molar-refractivity contribution in [2.24, 2.45) is 0 Å². The van der Waals surface area contributed by atoms with Crippen LogP contribution in [-0.2, 0) is 0 Å². The van der Waals surface area contributed by atoms with Gasteiger partial charge < -0.3 is 14.7 Å². The van der Waals surface area contributed by atoms with Crippen molar-refractivity contribution >= 4 is 103 Å². The summed E-state index contributed by atoms with van der Waals surface area (Å²) in [5.41, 5.74) is 20.7. The lowest BCUT2D eigenvalue weighted by Gasteiger charge is -2.46. The average Bonchev–Trinajstić information content (AvgIpc) is 1.64. The van der Waals surface area contributed by atoms with Gasteiger partial charge in [-0.2, -0.15) is 0 Å². The molecule has 83 heavy (non-hydrogen) atoms. The zero-order valence-corrected chi connectivity index (χ0v) is 46.8. The Hall–Kier alpha value is -10.5. The fourth-order valence-electron chi connectivity index (χ4n) is 13.4. The normalized spacial score (nSPS) is 12.3. The second-order valence-electron chi connectivity index (χ2n) is 21.5. The minimum Gasteiger partial charge on any atom is -0.311 e. The topological polar surface area (TPSA) is 9.72 Å². The molecule has 0 unspecified atom stereocenters. The van der Waals surface area contributed by atoms with Crippen LogP contribution in [0.4, 0.5) is 51.2 Å². The van der Waals surface area contributed by atoms with Gasteiger partial charge in [-0.15, -0.1) is 0 Å². The summed E-state index contributed by atoms with van der Waals surface area (Å²) in [6.07, 6.45) is 0.